The molecular weight excluding hydrogens is 299 g/mol. The van der Waals surface area contributed by atoms with Gasteiger partial charge in [-0.3, -0.25) is 4.79 Å². The number of amides is 1. The number of piperazine rings is 1. The van der Waals surface area contributed by atoms with Gasteiger partial charge in [0.05, 0.1) is 11.1 Å². The smallest absolute Gasteiger partial charge is 0.255 e. The van der Waals surface area contributed by atoms with E-state index in [0.29, 0.717) is 16.6 Å². The molecule has 1 aliphatic heterocycles. The average Bonchev–Trinajstić information content (AvgIpc) is 2.31. The third-order valence-corrected chi connectivity index (χ3v) is 3.90. The Labute approximate surface area is 114 Å². The molecule has 0 radical (unpaired) electrons. The van der Waals surface area contributed by atoms with Crippen molar-refractivity contribution in [1.82, 2.24) is 10.2 Å². The lowest BCUT2D eigenvalue weighted by molar-refractivity contribution is 0.0476. The second kappa shape index (κ2) is 4.97. The first-order valence-corrected chi connectivity index (χ1v) is 6.69. The van der Waals surface area contributed by atoms with E-state index in [2.05, 4.69) is 21.2 Å². The third-order valence-electron chi connectivity index (χ3n) is 3.20. The van der Waals surface area contributed by atoms with E-state index in [9.17, 15) is 9.18 Å². The van der Waals surface area contributed by atoms with Crippen molar-refractivity contribution in [2.75, 3.05) is 19.6 Å². The highest BCUT2D eigenvalue weighted by Crippen LogP contribution is 2.24. The van der Waals surface area contributed by atoms with Gasteiger partial charge in [-0.05, 0) is 48.0 Å². The Morgan fingerprint density at radius 3 is 2.89 bits per heavy atom. The number of nitrogens with one attached hydrogen (secondary N) is 1. The second-order valence-corrected chi connectivity index (χ2v) is 5.92. The van der Waals surface area contributed by atoms with E-state index >= 15 is 0 Å². The van der Waals surface area contributed by atoms with Crippen LogP contribution < -0.4 is 5.32 Å². The van der Waals surface area contributed by atoms with Gasteiger partial charge in [-0.15, -0.1) is 0 Å². The fourth-order valence-electron chi connectivity index (χ4n) is 2.17. The van der Waals surface area contributed by atoms with Gasteiger partial charge in [0, 0.05) is 24.1 Å². The van der Waals surface area contributed by atoms with E-state index in [-0.39, 0.29) is 11.4 Å². The van der Waals surface area contributed by atoms with E-state index < -0.39 is 5.82 Å². The number of halogens is 2. The summed E-state index contributed by atoms with van der Waals surface area (Å²) < 4.78 is 13.9. The number of benzene rings is 1. The molecule has 1 aromatic carbocycles. The van der Waals surface area contributed by atoms with E-state index in [4.69, 9.17) is 0 Å². The Balaban J connectivity index is 2.33. The van der Waals surface area contributed by atoms with Gasteiger partial charge in [-0.1, -0.05) is 0 Å². The lowest BCUT2D eigenvalue weighted by atomic mass is 9.98. The zero-order chi connectivity index (χ0) is 13.3. The maximum absolute atomic E-state index is 13.3. The summed E-state index contributed by atoms with van der Waals surface area (Å²) in [5.41, 5.74) is 0.117. The molecule has 1 heterocycles. The SMILES string of the molecule is CC1(C)CNCCN1C(=O)c1cc(F)ccc1Br. The summed E-state index contributed by atoms with van der Waals surface area (Å²) in [7, 11) is 0. The highest BCUT2D eigenvalue weighted by atomic mass is 79.9. The number of carbonyl (C=O) groups is 1. The van der Waals surface area contributed by atoms with Gasteiger partial charge in [-0.2, -0.15) is 0 Å². The normalized spacial score (nSPS) is 18.8. The van der Waals surface area contributed by atoms with E-state index in [1.165, 1.54) is 12.1 Å². The molecule has 1 aromatic rings. The van der Waals surface area contributed by atoms with Gasteiger partial charge >= 0.3 is 0 Å². The Morgan fingerprint density at radius 2 is 2.22 bits per heavy atom. The largest absolute Gasteiger partial charge is 0.331 e. The molecule has 0 unspecified atom stereocenters. The first kappa shape index (κ1) is 13.5. The highest BCUT2D eigenvalue weighted by molar-refractivity contribution is 9.10. The van der Waals surface area contributed by atoms with Gasteiger partial charge in [0.25, 0.3) is 5.91 Å². The van der Waals surface area contributed by atoms with Crippen LogP contribution in [-0.2, 0) is 0 Å². The summed E-state index contributed by atoms with van der Waals surface area (Å²) in [4.78, 5) is 14.3. The van der Waals surface area contributed by atoms with Crippen LogP contribution in [0.15, 0.2) is 22.7 Å². The minimum atomic E-state index is -0.394. The summed E-state index contributed by atoms with van der Waals surface area (Å²) in [6, 6.07) is 4.19. The Bertz CT molecular complexity index is 476. The number of hydrogen-bond acceptors (Lipinski definition) is 2. The van der Waals surface area contributed by atoms with Crippen LogP contribution in [0.1, 0.15) is 24.2 Å². The van der Waals surface area contributed by atoms with Gasteiger partial charge in [0.1, 0.15) is 5.82 Å². The molecule has 1 saturated heterocycles. The molecule has 0 spiro atoms. The summed E-state index contributed by atoms with van der Waals surface area (Å²) >= 11 is 3.31. The first-order chi connectivity index (χ1) is 8.42. The monoisotopic (exact) mass is 314 g/mol. The van der Waals surface area contributed by atoms with Crippen LogP contribution in [0.3, 0.4) is 0 Å². The van der Waals surface area contributed by atoms with E-state index in [1.807, 2.05) is 13.8 Å². The van der Waals surface area contributed by atoms with Crippen molar-refractivity contribution in [3.8, 4) is 0 Å². The molecule has 5 heteroatoms. The second-order valence-electron chi connectivity index (χ2n) is 5.07. The summed E-state index contributed by atoms with van der Waals surface area (Å²) in [5, 5.41) is 3.26. The minimum absolute atomic E-state index is 0.132. The predicted octanol–water partition coefficient (Wildman–Crippen LogP) is 2.41. The maximum atomic E-state index is 13.3. The number of rotatable bonds is 1. The lowest BCUT2D eigenvalue weighted by Crippen LogP contribution is -2.59. The van der Waals surface area contributed by atoms with Crippen LogP contribution in [0.5, 0.6) is 0 Å². The summed E-state index contributed by atoms with van der Waals surface area (Å²) in [5.74, 6) is -0.526. The van der Waals surface area contributed by atoms with Crippen molar-refractivity contribution in [1.29, 1.82) is 0 Å². The molecule has 0 saturated carbocycles. The molecule has 0 aliphatic carbocycles. The molecule has 98 valence electrons. The Hall–Kier alpha value is -0.940. The zero-order valence-electron chi connectivity index (χ0n) is 10.5. The molecule has 1 fully saturated rings. The van der Waals surface area contributed by atoms with Gasteiger partial charge in [0.15, 0.2) is 0 Å². The van der Waals surface area contributed by atoms with Crippen molar-refractivity contribution in [3.63, 3.8) is 0 Å². The zero-order valence-corrected chi connectivity index (χ0v) is 12.1. The lowest BCUT2D eigenvalue weighted by Gasteiger charge is -2.43. The van der Waals surface area contributed by atoms with Crippen LogP contribution in [0, 0.1) is 5.82 Å². The van der Waals surface area contributed by atoms with Gasteiger partial charge in [0.2, 0.25) is 0 Å². The maximum Gasteiger partial charge on any atom is 0.255 e. The van der Waals surface area contributed by atoms with Crippen LogP contribution in [0.25, 0.3) is 0 Å². The number of hydrogen-bond donors (Lipinski definition) is 1. The van der Waals surface area contributed by atoms with Crippen LogP contribution in [0.2, 0.25) is 0 Å². The molecule has 1 N–H and O–H groups in total. The molecule has 3 nitrogen and oxygen atoms in total. The molecular formula is C13H16BrFN2O. The highest BCUT2D eigenvalue weighted by Gasteiger charge is 2.34. The molecule has 0 aromatic heterocycles. The molecule has 0 atom stereocenters. The number of nitrogens with zero attached hydrogens (tertiary/aromatic N) is 1. The quantitative estimate of drug-likeness (QED) is 0.863. The van der Waals surface area contributed by atoms with Gasteiger partial charge in [-0.25, -0.2) is 4.39 Å². The van der Waals surface area contributed by atoms with E-state index in [0.717, 1.165) is 13.1 Å². The third kappa shape index (κ3) is 2.57. The standard InChI is InChI=1S/C13H16BrFN2O/c1-13(2)8-16-5-6-17(13)12(18)10-7-9(15)3-4-11(10)14/h3-4,7,16H,5-6,8H2,1-2H3. The average molecular weight is 315 g/mol. The van der Waals surface area contributed by atoms with Crippen LogP contribution in [-0.4, -0.2) is 36.0 Å². The van der Waals surface area contributed by atoms with Crippen molar-refractivity contribution in [2.24, 2.45) is 0 Å². The molecule has 1 aliphatic rings. The molecule has 18 heavy (non-hydrogen) atoms. The molecule has 2 rings (SSSR count). The van der Waals surface area contributed by atoms with Crippen LogP contribution in [0.4, 0.5) is 4.39 Å². The van der Waals surface area contributed by atoms with Gasteiger partial charge < -0.3 is 10.2 Å². The Morgan fingerprint density at radius 1 is 1.50 bits per heavy atom. The Kier molecular flexibility index (Phi) is 3.73. The first-order valence-electron chi connectivity index (χ1n) is 5.89. The van der Waals surface area contributed by atoms with Crippen molar-refractivity contribution in [2.45, 2.75) is 19.4 Å². The predicted molar refractivity (Wildman–Crippen MR) is 72.1 cm³/mol. The topological polar surface area (TPSA) is 32.3 Å². The number of carbonyl (C=O) groups excluding carboxylic acids is 1. The van der Waals surface area contributed by atoms with E-state index in [1.54, 1.807) is 11.0 Å². The van der Waals surface area contributed by atoms with Crippen molar-refractivity contribution < 1.29 is 9.18 Å². The fourth-order valence-corrected chi connectivity index (χ4v) is 2.58. The van der Waals surface area contributed by atoms with Crippen molar-refractivity contribution >= 4 is 21.8 Å². The van der Waals surface area contributed by atoms with Crippen molar-refractivity contribution in [3.05, 3.63) is 34.1 Å². The fraction of sp³-hybridized carbons (Fsp3) is 0.462. The summed E-state index contributed by atoms with van der Waals surface area (Å²) in [6.07, 6.45) is 0. The summed E-state index contributed by atoms with van der Waals surface area (Å²) in [6.45, 7) is 6.15. The van der Waals surface area contributed by atoms with Crippen LogP contribution >= 0.6 is 15.9 Å². The molecule has 1 amide bonds. The minimum Gasteiger partial charge on any atom is -0.331 e. The molecule has 0 bridgehead atoms.